The van der Waals surface area contributed by atoms with Gasteiger partial charge in [0, 0.05) is 18.5 Å². The van der Waals surface area contributed by atoms with Crippen molar-refractivity contribution in [2.45, 2.75) is 51.6 Å². The molecule has 0 radical (unpaired) electrons. The fraction of sp³-hybridized carbons (Fsp3) is 0.667. The molecule has 0 aliphatic rings. The van der Waals surface area contributed by atoms with Crippen molar-refractivity contribution in [3.63, 3.8) is 0 Å². The molecule has 0 rings (SSSR count). The summed E-state index contributed by atoms with van der Waals surface area (Å²) in [6.45, 7) is 2.59. The third-order valence-corrected chi connectivity index (χ3v) is 3.10. The van der Waals surface area contributed by atoms with Crippen molar-refractivity contribution >= 4 is 11.9 Å². The van der Waals surface area contributed by atoms with Crippen molar-refractivity contribution in [2.75, 3.05) is 27.7 Å². The highest BCUT2D eigenvalue weighted by Gasteiger charge is 2.21. The van der Waals surface area contributed by atoms with Gasteiger partial charge in [-0.25, -0.2) is 4.79 Å². The zero-order valence-electron chi connectivity index (χ0n) is 14.9. The van der Waals surface area contributed by atoms with Gasteiger partial charge in [-0.1, -0.05) is 38.0 Å². The third kappa shape index (κ3) is 15.1. The number of esters is 1. The molecule has 0 aromatic rings. The van der Waals surface area contributed by atoms with Crippen LogP contribution in [-0.2, 0) is 14.3 Å². The van der Waals surface area contributed by atoms with Crippen molar-refractivity contribution in [2.24, 2.45) is 0 Å². The van der Waals surface area contributed by atoms with Gasteiger partial charge in [0.2, 0.25) is 0 Å². The highest BCUT2D eigenvalue weighted by molar-refractivity contribution is 5.82. The normalized spacial score (nSPS) is 13.6. The van der Waals surface area contributed by atoms with E-state index in [0.717, 1.165) is 6.42 Å². The minimum Gasteiger partial charge on any atom is -0.550 e. The van der Waals surface area contributed by atoms with Crippen LogP contribution in [0.25, 0.3) is 0 Å². The van der Waals surface area contributed by atoms with Crippen molar-refractivity contribution in [1.82, 2.24) is 0 Å². The lowest BCUT2D eigenvalue weighted by Crippen LogP contribution is -2.45. The Morgan fingerprint density at radius 2 is 1.83 bits per heavy atom. The molecule has 0 amide bonds. The molecule has 132 valence electrons. The number of aliphatic carboxylic acids is 1. The second-order valence-corrected chi connectivity index (χ2v) is 6.71. The number of carbonyl (C=O) groups excluding carboxylic acids is 2. The molecule has 0 aliphatic carbocycles. The molecule has 0 fully saturated rings. The minimum absolute atomic E-state index is 0.285. The summed E-state index contributed by atoms with van der Waals surface area (Å²) in [5.74, 6) is -1.72. The fourth-order valence-electron chi connectivity index (χ4n) is 2.11. The van der Waals surface area contributed by atoms with Gasteiger partial charge in [-0.3, -0.25) is 0 Å². The molecule has 1 unspecified atom stereocenters. The number of rotatable bonds is 12. The molecule has 1 atom stereocenters. The molecule has 0 aromatic heterocycles. The SMILES string of the molecule is CCCCC/C=C/C/C=C/C(=O)OC(CC(=O)[O-])C[N+](C)(C)C. The Balaban J connectivity index is 4.20. The number of hydrogen-bond donors (Lipinski definition) is 0. The number of hydrogen-bond acceptors (Lipinski definition) is 4. The largest absolute Gasteiger partial charge is 0.550 e. The van der Waals surface area contributed by atoms with Gasteiger partial charge in [-0.05, 0) is 19.3 Å². The number of carbonyl (C=O) groups is 2. The summed E-state index contributed by atoms with van der Waals surface area (Å²) in [5, 5.41) is 10.7. The Labute approximate surface area is 140 Å². The van der Waals surface area contributed by atoms with Crippen LogP contribution in [0.3, 0.4) is 0 Å². The number of likely N-dealkylation sites (N-methyl/N-ethyl adjacent to an activating group) is 1. The average molecular weight is 325 g/mol. The van der Waals surface area contributed by atoms with Crippen LogP contribution in [0.5, 0.6) is 0 Å². The Hall–Kier alpha value is -1.62. The first-order valence-corrected chi connectivity index (χ1v) is 8.27. The van der Waals surface area contributed by atoms with Crippen LogP contribution in [0.2, 0.25) is 0 Å². The van der Waals surface area contributed by atoms with E-state index in [1.165, 1.54) is 25.3 Å². The molecule has 0 heterocycles. The predicted molar refractivity (Wildman–Crippen MR) is 89.4 cm³/mol. The Morgan fingerprint density at radius 3 is 2.39 bits per heavy atom. The number of allylic oxidation sites excluding steroid dienone is 3. The van der Waals surface area contributed by atoms with Crippen molar-refractivity contribution in [3.8, 4) is 0 Å². The number of carboxylic acid groups (broad SMARTS) is 1. The van der Waals surface area contributed by atoms with Crippen LogP contribution >= 0.6 is 0 Å². The van der Waals surface area contributed by atoms with Gasteiger partial charge in [0.15, 0.2) is 6.10 Å². The van der Waals surface area contributed by atoms with E-state index in [1.54, 1.807) is 6.08 Å². The zero-order chi connectivity index (χ0) is 17.7. The van der Waals surface area contributed by atoms with Crippen LogP contribution < -0.4 is 5.11 Å². The lowest BCUT2D eigenvalue weighted by Gasteiger charge is -2.29. The minimum atomic E-state index is -1.21. The molecule has 0 N–H and O–H groups in total. The molecular formula is C18H31NO4. The number of ether oxygens (including phenoxy) is 1. The molecule has 0 aliphatic heterocycles. The Bertz CT molecular complexity index is 408. The van der Waals surface area contributed by atoms with E-state index in [0.29, 0.717) is 17.4 Å². The summed E-state index contributed by atoms with van der Waals surface area (Å²) < 4.78 is 5.72. The predicted octanol–water partition coefficient (Wildman–Crippen LogP) is 1.83. The standard InChI is InChI=1S/C18H31NO4/c1-5-6-7-8-9-10-11-12-13-18(22)23-16(14-17(20)21)15-19(2,3)4/h9-10,12-13,16H,5-8,11,14-15H2,1-4H3/b10-9+,13-12+. The van der Waals surface area contributed by atoms with Gasteiger partial charge in [-0.2, -0.15) is 0 Å². The number of unbranched alkanes of at least 4 members (excludes halogenated alkanes) is 3. The molecule has 0 saturated carbocycles. The van der Waals surface area contributed by atoms with Crippen molar-refractivity contribution in [1.29, 1.82) is 0 Å². The van der Waals surface area contributed by atoms with Gasteiger partial charge in [0.1, 0.15) is 6.54 Å². The van der Waals surface area contributed by atoms with Crippen molar-refractivity contribution in [3.05, 3.63) is 24.3 Å². The van der Waals surface area contributed by atoms with E-state index in [-0.39, 0.29) is 6.42 Å². The monoisotopic (exact) mass is 325 g/mol. The topological polar surface area (TPSA) is 66.4 Å². The van der Waals surface area contributed by atoms with Crippen LogP contribution in [-0.4, -0.2) is 50.2 Å². The first kappa shape index (κ1) is 21.4. The van der Waals surface area contributed by atoms with Crippen LogP contribution in [0.15, 0.2) is 24.3 Å². The number of nitrogens with zero attached hydrogens (tertiary/aromatic N) is 1. The maximum Gasteiger partial charge on any atom is 0.330 e. The molecule has 0 bridgehead atoms. The summed E-state index contributed by atoms with van der Waals surface area (Å²) >= 11 is 0. The first-order valence-electron chi connectivity index (χ1n) is 8.27. The third-order valence-electron chi connectivity index (χ3n) is 3.10. The van der Waals surface area contributed by atoms with E-state index in [2.05, 4.69) is 13.0 Å². The van der Waals surface area contributed by atoms with Gasteiger partial charge < -0.3 is 19.1 Å². The summed E-state index contributed by atoms with van der Waals surface area (Å²) in [6, 6.07) is 0. The molecule has 0 spiro atoms. The fourth-order valence-corrected chi connectivity index (χ4v) is 2.11. The summed E-state index contributed by atoms with van der Waals surface area (Å²) in [4.78, 5) is 22.5. The maximum absolute atomic E-state index is 11.7. The Kier molecular flexibility index (Phi) is 11.0. The molecule has 5 nitrogen and oxygen atoms in total. The van der Waals surface area contributed by atoms with Crippen LogP contribution in [0.1, 0.15) is 45.4 Å². The first-order chi connectivity index (χ1) is 10.7. The molecule has 5 heteroatoms. The van der Waals surface area contributed by atoms with E-state index in [1.807, 2.05) is 27.2 Å². The maximum atomic E-state index is 11.7. The molecular weight excluding hydrogens is 294 g/mol. The van der Waals surface area contributed by atoms with Crippen LogP contribution in [0, 0.1) is 0 Å². The van der Waals surface area contributed by atoms with Gasteiger partial charge in [0.25, 0.3) is 0 Å². The second kappa shape index (κ2) is 11.9. The molecule has 23 heavy (non-hydrogen) atoms. The van der Waals surface area contributed by atoms with Crippen LogP contribution in [0.4, 0.5) is 0 Å². The zero-order valence-corrected chi connectivity index (χ0v) is 14.9. The smallest absolute Gasteiger partial charge is 0.330 e. The van der Waals surface area contributed by atoms with E-state index < -0.39 is 18.0 Å². The summed E-state index contributed by atoms with van der Waals surface area (Å²) in [6.07, 6.45) is 11.6. The Morgan fingerprint density at radius 1 is 1.13 bits per heavy atom. The van der Waals surface area contributed by atoms with Crippen molar-refractivity contribution < 1.29 is 23.9 Å². The number of carboxylic acids is 1. The summed E-state index contributed by atoms with van der Waals surface area (Å²) in [7, 11) is 5.74. The lowest BCUT2D eigenvalue weighted by molar-refractivity contribution is -0.873. The quantitative estimate of drug-likeness (QED) is 0.180. The summed E-state index contributed by atoms with van der Waals surface area (Å²) in [5.41, 5.74) is 0. The number of quaternary nitrogens is 1. The second-order valence-electron chi connectivity index (χ2n) is 6.71. The van der Waals surface area contributed by atoms with E-state index >= 15 is 0 Å². The van der Waals surface area contributed by atoms with E-state index in [4.69, 9.17) is 4.74 Å². The highest BCUT2D eigenvalue weighted by Crippen LogP contribution is 2.05. The van der Waals surface area contributed by atoms with E-state index in [9.17, 15) is 14.7 Å². The van der Waals surface area contributed by atoms with Gasteiger partial charge >= 0.3 is 5.97 Å². The molecule has 0 aromatic carbocycles. The highest BCUT2D eigenvalue weighted by atomic mass is 16.5. The average Bonchev–Trinajstić information content (AvgIpc) is 2.39. The van der Waals surface area contributed by atoms with Gasteiger partial charge in [0.05, 0.1) is 21.1 Å². The lowest BCUT2D eigenvalue weighted by atomic mass is 10.2. The van der Waals surface area contributed by atoms with Gasteiger partial charge in [-0.15, -0.1) is 0 Å². The molecule has 0 saturated heterocycles.